The van der Waals surface area contributed by atoms with Crippen LogP contribution in [0.15, 0.2) is 24.3 Å². The summed E-state index contributed by atoms with van der Waals surface area (Å²) in [5.74, 6) is -0.441. The van der Waals surface area contributed by atoms with E-state index in [4.69, 9.17) is 15.6 Å². The van der Waals surface area contributed by atoms with Crippen molar-refractivity contribution in [2.75, 3.05) is 41.0 Å². The van der Waals surface area contributed by atoms with Crippen molar-refractivity contribution in [3.05, 3.63) is 35.4 Å². The van der Waals surface area contributed by atoms with Gasteiger partial charge in [0.2, 0.25) is 5.95 Å². The summed E-state index contributed by atoms with van der Waals surface area (Å²) in [5, 5.41) is 38.5. The Kier molecular flexibility index (Phi) is 7.72. The van der Waals surface area contributed by atoms with Gasteiger partial charge in [0.1, 0.15) is 17.9 Å². The number of aliphatic carboxylic acids is 1. The molecule has 1 amide bonds. The first-order valence-corrected chi connectivity index (χ1v) is 11.8. The third-order valence-electron chi connectivity index (χ3n) is 6.12. The largest absolute Gasteiger partial charge is 0.481 e. The van der Waals surface area contributed by atoms with E-state index in [0.29, 0.717) is 37.4 Å². The molecule has 1 aromatic heterocycles. The highest BCUT2D eigenvalue weighted by Gasteiger charge is 2.50. The van der Waals surface area contributed by atoms with E-state index in [1.807, 2.05) is 24.3 Å². The molecule has 1 fully saturated rings. The fourth-order valence-electron chi connectivity index (χ4n) is 4.22. The number of likely N-dealkylation sites (N-methyl/N-ethyl adjacent to an activating group) is 1. The molecule has 4 rings (SSSR count). The Labute approximate surface area is 207 Å². The lowest BCUT2D eigenvalue weighted by atomic mass is 10.1. The third-order valence-corrected chi connectivity index (χ3v) is 6.12. The Bertz CT molecular complexity index is 1100. The molecule has 1 unspecified atom stereocenters. The van der Waals surface area contributed by atoms with E-state index in [0.717, 1.165) is 11.1 Å². The van der Waals surface area contributed by atoms with Crippen LogP contribution < -0.4 is 26.6 Å². The minimum atomic E-state index is -1.39. The molecule has 13 nitrogen and oxygen atoms in total. The molecule has 0 saturated carbocycles. The zero-order valence-electron chi connectivity index (χ0n) is 19.8. The lowest BCUT2D eigenvalue weighted by Gasteiger charge is -2.26. The summed E-state index contributed by atoms with van der Waals surface area (Å²) in [6, 6.07) is 7.75. The molecule has 2 aromatic rings. The molecular formula is C23H31N7O6. The van der Waals surface area contributed by atoms with Gasteiger partial charge in [-0.2, -0.15) is 9.97 Å². The van der Waals surface area contributed by atoms with Crippen molar-refractivity contribution in [1.82, 2.24) is 15.3 Å². The van der Waals surface area contributed by atoms with E-state index in [9.17, 15) is 19.8 Å². The topological polar surface area (TPSA) is 195 Å². The molecule has 0 radical (unpaired) electrons. The number of aromatic nitrogens is 2. The van der Waals surface area contributed by atoms with E-state index in [2.05, 4.69) is 25.9 Å². The van der Waals surface area contributed by atoms with Crippen molar-refractivity contribution >= 4 is 35.1 Å². The molecule has 36 heavy (non-hydrogen) atoms. The zero-order valence-corrected chi connectivity index (χ0v) is 19.8. The lowest BCUT2D eigenvalue weighted by molar-refractivity contribution is -0.137. The predicted molar refractivity (Wildman–Crippen MR) is 131 cm³/mol. The quantitative estimate of drug-likeness (QED) is 0.221. The minimum absolute atomic E-state index is 0.0956. The number of carboxylic acids is 1. The van der Waals surface area contributed by atoms with Gasteiger partial charge in [-0.3, -0.25) is 9.59 Å². The van der Waals surface area contributed by atoms with Crippen LogP contribution in [0, 0.1) is 0 Å². The van der Waals surface area contributed by atoms with Gasteiger partial charge in [0, 0.05) is 19.5 Å². The van der Waals surface area contributed by atoms with Crippen LogP contribution in [0.25, 0.3) is 0 Å². The second kappa shape index (κ2) is 10.9. The van der Waals surface area contributed by atoms with Crippen LogP contribution in [0.4, 0.5) is 23.3 Å². The molecule has 2 aliphatic heterocycles. The van der Waals surface area contributed by atoms with Crippen LogP contribution >= 0.6 is 0 Å². The Morgan fingerprint density at radius 2 is 1.86 bits per heavy atom. The molecule has 194 valence electrons. The molecule has 1 saturated heterocycles. The Morgan fingerprint density at radius 1 is 1.17 bits per heavy atom. The summed E-state index contributed by atoms with van der Waals surface area (Å²) < 4.78 is 5.72. The van der Waals surface area contributed by atoms with Gasteiger partial charge in [-0.25, -0.2) is 0 Å². The number of hydrogen-bond donors (Lipinski definition) is 7. The normalized spacial score (nSPS) is 22.7. The number of nitrogens with one attached hydrogen (secondary N) is 3. The SMILES string of the molecule is CCNC(=O)[C@H]1OC(N2CNc3c(N)nc(NCCc4ccc(CCC(=O)O)cc4)nc32)[C@H](O)[C@@H]1O. The van der Waals surface area contributed by atoms with Gasteiger partial charge in [-0.15, -0.1) is 0 Å². The second-order valence-corrected chi connectivity index (χ2v) is 8.65. The highest BCUT2D eigenvalue weighted by Crippen LogP contribution is 2.38. The number of aliphatic hydroxyl groups is 2. The van der Waals surface area contributed by atoms with Crippen LogP contribution in [-0.4, -0.2) is 81.5 Å². The maximum Gasteiger partial charge on any atom is 0.303 e. The van der Waals surface area contributed by atoms with Crippen molar-refractivity contribution in [3.63, 3.8) is 0 Å². The van der Waals surface area contributed by atoms with Crippen LogP contribution in [0.1, 0.15) is 24.5 Å². The van der Waals surface area contributed by atoms with Crippen LogP contribution in [0.5, 0.6) is 0 Å². The van der Waals surface area contributed by atoms with Crippen molar-refractivity contribution in [2.24, 2.45) is 0 Å². The number of benzene rings is 1. The van der Waals surface area contributed by atoms with Crippen LogP contribution in [-0.2, 0) is 27.2 Å². The summed E-state index contributed by atoms with van der Waals surface area (Å²) in [4.78, 5) is 33.3. The lowest BCUT2D eigenvalue weighted by Crippen LogP contribution is -2.44. The van der Waals surface area contributed by atoms with Gasteiger partial charge >= 0.3 is 5.97 Å². The van der Waals surface area contributed by atoms with Crippen molar-refractivity contribution in [1.29, 1.82) is 0 Å². The van der Waals surface area contributed by atoms with Gasteiger partial charge in [-0.05, 0) is 30.9 Å². The number of rotatable bonds is 10. The van der Waals surface area contributed by atoms with Gasteiger partial charge in [0.05, 0.1) is 6.67 Å². The highest BCUT2D eigenvalue weighted by atomic mass is 16.6. The first-order valence-electron chi connectivity index (χ1n) is 11.8. The third kappa shape index (κ3) is 5.42. The summed E-state index contributed by atoms with van der Waals surface area (Å²) in [7, 11) is 0. The van der Waals surface area contributed by atoms with Gasteiger partial charge in [0.15, 0.2) is 24.0 Å². The van der Waals surface area contributed by atoms with Crippen molar-refractivity contribution < 1.29 is 29.6 Å². The Hall–Kier alpha value is -3.68. The predicted octanol–water partition coefficient (Wildman–Crippen LogP) is -0.497. The number of nitrogen functional groups attached to an aromatic ring is 1. The standard InChI is InChI=1S/C23H31N7O6/c1-2-25-21(35)18-16(33)17(34)22(36-18)30-11-27-15-19(24)28-23(29-20(15)30)26-10-9-13-5-3-12(4-6-13)7-8-14(31)32/h3-6,16-18,22,27,33-34H,2,7-11H2,1H3,(H,25,35)(H,31,32)(H3,24,26,28,29)/t16-,17+,18-,22?/m0/s1. The number of carbonyl (C=O) groups excluding carboxylic acids is 1. The summed E-state index contributed by atoms with van der Waals surface area (Å²) in [5.41, 5.74) is 8.62. The number of anilines is 4. The average Bonchev–Trinajstić information content (AvgIpc) is 3.40. The Balaban J connectivity index is 1.40. The molecule has 13 heteroatoms. The summed E-state index contributed by atoms with van der Waals surface area (Å²) in [6.07, 6.45) is -3.69. The first-order chi connectivity index (χ1) is 17.3. The molecule has 2 aliphatic rings. The maximum absolute atomic E-state index is 12.2. The number of nitrogens with zero attached hydrogens (tertiary/aromatic N) is 3. The Morgan fingerprint density at radius 3 is 2.53 bits per heavy atom. The van der Waals surface area contributed by atoms with E-state index < -0.39 is 36.4 Å². The number of aryl methyl sites for hydroxylation is 1. The number of nitrogens with two attached hydrogens (primary N) is 1. The molecular weight excluding hydrogens is 470 g/mol. The van der Waals surface area contributed by atoms with Crippen LogP contribution in [0.3, 0.4) is 0 Å². The average molecular weight is 502 g/mol. The monoisotopic (exact) mass is 501 g/mol. The van der Waals surface area contributed by atoms with Gasteiger partial charge < -0.3 is 46.6 Å². The van der Waals surface area contributed by atoms with E-state index in [1.165, 1.54) is 0 Å². The molecule has 0 bridgehead atoms. The highest BCUT2D eigenvalue weighted by molar-refractivity contribution is 5.83. The first kappa shape index (κ1) is 25.4. The number of fused-ring (bicyclic) bond motifs is 1. The molecule has 4 atom stereocenters. The maximum atomic E-state index is 12.2. The number of hydrogen-bond acceptors (Lipinski definition) is 11. The molecule has 3 heterocycles. The van der Waals surface area contributed by atoms with Gasteiger partial charge in [-0.1, -0.05) is 24.3 Å². The fourth-order valence-corrected chi connectivity index (χ4v) is 4.22. The van der Waals surface area contributed by atoms with E-state index in [-0.39, 0.29) is 24.9 Å². The molecule has 8 N–H and O–H groups in total. The smallest absolute Gasteiger partial charge is 0.303 e. The molecule has 0 spiro atoms. The number of carbonyl (C=O) groups is 2. The zero-order chi connectivity index (χ0) is 25.8. The molecule has 1 aromatic carbocycles. The van der Waals surface area contributed by atoms with Crippen molar-refractivity contribution in [2.45, 2.75) is 50.7 Å². The summed E-state index contributed by atoms with van der Waals surface area (Å²) in [6.45, 7) is 2.83. The number of carboxylic acid groups (broad SMARTS) is 1. The second-order valence-electron chi connectivity index (χ2n) is 8.65. The minimum Gasteiger partial charge on any atom is -0.481 e. The molecule has 0 aliphatic carbocycles. The summed E-state index contributed by atoms with van der Waals surface area (Å²) >= 11 is 0. The fraction of sp³-hybridized carbons (Fsp3) is 0.478. The number of ether oxygens (including phenoxy) is 1. The van der Waals surface area contributed by atoms with Crippen LogP contribution in [0.2, 0.25) is 0 Å². The number of aliphatic hydroxyl groups excluding tert-OH is 2. The van der Waals surface area contributed by atoms with E-state index in [1.54, 1.807) is 11.8 Å². The van der Waals surface area contributed by atoms with Gasteiger partial charge in [0.25, 0.3) is 5.91 Å². The van der Waals surface area contributed by atoms with E-state index >= 15 is 0 Å². The number of amides is 1. The van der Waals surface area contributed by atoms with Crippen molar-refractivity contribution in [3.8, 4) is 0 Å².